The lowest BCUT2D eigenvalue weighted by molar-refractivity contribution is -0.119. The van der Waals surface area contributed by atoms with E-state index >= 15 is 0 Å². The van der Waals surface area contributed by atoms with Crippen molar-refractivity contribution < 1.29 is 14.3 Å². The van der Waals surface area contributed by atoms with Crippen molar-refractivity contribution in [3.8, 4) is 0 Å². The number of amides is 1. The Labute approximate surface area is 130 Å². The Morgan fingerprint density at radius 1 is 1.48 bits per heavy atom. The Bertz CT molecular complexity index is 516. The van der Waals surface area contributed by atoms with E-state index in [2.05, 4.69) is 5.32 Å². The zero-order chi connectivity index (χ0) is 14.7. The van der Waals surface area contributed by atoms with Crippen LogP contribution in [0.2, 0.25) is 0 Å². The first-order valence-electron chi connectivity index (χ1n) is 6.91. The van der Waals surface area contributed by atoms with Gasteiger partial charge in [0, 0.05) is 25.2 Å². The number of esters is 1. The van der Waals surface area contributed by atoms with Gasteiger partial charge in [-0.1, -0.05) is 0 Å². The van der Waals surface area contributed by atoms with Crippen LogP contribution in [-0.4, -0.2) is 29.1 Å². The van der Waals surface area contributed by atoms with Gasteiger partial charge in [-0.15, -0.1) is 12.4 Å². The van der Waals surface area contributed by atoms with Crippen LogP contribution in [0.1, 0.15) is 36.7 Å². The first-order valence-corrected chi connectivity index (χ1v) is 6.91. The molecule has 2 rings (SSSR count). The molecule has 1 aromatic rings. The van der Waals surface area contributed by atoms with Crippen LogP contribution in [0.5, 0.6) is 0 Å². The van der Waals surface area contributed by atoms with Crippen molar-refractivity contribution in [2.24, 2.45) is 18.7 Å². The van der Waals surface area contributed by atoms with Gasteiger partial charge in [-0.25, -0.2) is 4.79 Å². The summed E-state index contributed by atoms with van der Waals surface area (Å²) in [5, 5.41) is 2.84. The van der Waals surface area contributed by atoms with Gasteiger partial charge >= 0.3 is 5.97 Å². The summed E-state index contributed by atoms with van der Waals surface area (Å²) in [6, 6.07) is 1.75. The van der Waals surface area contributed by atoms with Crippen molar-refractivity contribution in [3.05, 3.63) is 18.0 Å². The lowest BCUT2D eigenvalue weighted by Crippen LogP contribution is -2.23. The number of nitrogens with zero attached hydrogens (tertiary/aromatic N) is 1. The van der Waals surface area contributed by atoms with E-state index in [4.69, 9.17) is 10.5 Å². The third-order valence-corrected chi connectivity index (χ3v) is 3.60. The van der Waals surface area contributed by atoms with Gasteiger partial charge in [-0.3, -0.25) is 4.79 Å². The minimum absolute atomic E-state index is 0. The van der Waals surface area contributed by atoms with E-state index in [0.29, 0.717) is 18.0 Å². The van der Waals surface area contributed by atoms with Crippen LogP contribution in [0.3, 0.4) is 0 Å². The molecule has 0 bridgehead atoms. The van der Waals surface area contributed by atoms with E-state index in [-0.39, 0.29) is 30.3 Å². The molecular weight excluding hydrogens is 294 g/mol. The molecule has 0 spiro atoms. The second kappa shape index (κ2) is 7.47. The average Bonchev–Trinajstić information content (AvgIpc) is 2.96. The molecule has 1 amide bonds. The molecule has 0 radical (unpaired) electrons. The molecule has 1 aliphatic rings. The Hall–Kier alpha value is -1.53. The zero-order valence-corrected chi connectivity index (χ0v) is 13.1. The number of aromatic nitrogens is 1. The summed E-state index contributed by atoms with van der Waals surface area (Å²) in [7, 11) is 1.74. The highest BCUT2D eigenvalue weighted by Gasteiger charge is 2.28. The number of ether oxygens (including phenoxy) is 1. The lowest BCUT2D eigenvalue weighted by atomic mass is 10.1. The Kier molecular flexibility index (Phi) is 6.23. The summed E-state index contributed by atoms with van der Waals surface area (Å²) in [4.78, 5) is 23.8. The first kappa shape index (κ1) is 17.5. The van der Waals surface area contributed by atoms with Crippen molar-refractivity contribution in [1.29, 1.82) is 0 Å². The molecule has 0 aromatic carbocycles. The minimum Gasteiger partial charge on any atom is -0.461 e. The normalized spacial score (nSPS) is 20.7. The summed E-state index contributed by atoms with van der Waals surface area (Å²) in [5.74, 6) is -0.450. The van der Waals surface area contributed by atoms with Crippen molar-refractivity contribution in [1.82, 2.24) is 4.57 Å². The van der Waals surface area contributed by atoms with Crippen LogP contribution in [0.25, 0.3) is 0 Å². The summed E-state index contributed by atoms with van der Waals surface area (Å²) in [6.07, 6.45) is 4.15. The highest BCUT2D eigenvalue weighted by Crippen LogP contribution is 2.25. The van der Waals surface area contributed by atoms with Crippen LogP contribution in [0.15, 0.2) is 12.3 Å². The van der Waals surface area contributed by atoms with Gasteiger partial charge < -0.3 is 20.4 Å². The molecule has 118 valence electrons. The van der Waals surface area contributed by atoms with Crippen LogP contribution < -0.4 is 11.1 Å². The molecule has 3 N–H and O–H groups in total. The fourth-order valence-electron chi connectivity index (χ4n) is 2.54. The SMILES string of the molecule is CCOC(=O)c1cc(NC(=O)C2CCC(N)C2)cn1C.Cl. The van der Waals surface area contributed by atoms with E-state index < -0.39 is 5.97 Å². The number of hydrogen-bond donors (Lipinski definition) is 2. The van der Waals surface area contributed by atoms with Crippen molar-refractivity contribution in [2.75, 3.05) is 11.9 Å². The van der Waals surface area contributed by atoms with Gasteiger partial charge in [-0.2, -0.15) is 0 Å². The fourth-order valence-corrected chi connectivity index (χ4v) is 2.54. The number of carbonyl (C=O) groups excluding carboxylic acids is 2. The van der Waals surface area contributed by atoms with Crippen LogP contribution in [0, 0.1) is 5.92 Å². The summed E-state index contributed by atoms with van der Waals surface area (Å²) in [6.45, 7) is 2.08. The van der Waals surface area contributed by atoms with E-state index in [1.54, 1.807) is 30.8 Å². The summed E-state index contributed by atoms with van der Waals surface area (Å²) < 4.78 is 6.60. The van der Waals surface area contributed by atoms with Crippen molar-refractivity contribution in [2.45, 2.75) is 32.2 Å². The second-order valence-corrected chi connectivity index (χ2v) is 5.20. The number of hydrogen-bond acceptors (Lipinski definition) is 4. The molecule has 1 fully saturated rings. The molecule has 1 aromatic heterocycles. The maximum absolute atomic E-state index is 12.1. The number of carbonyl (C=O) groups is 2. The van der Waals surface area contributed by atoms with Crippen molar-refractivity contribution >= 4 is 30.0 Å². The monoisotopic (exact) mass is 315 g/mol. The number of rotatable bonds is 4. The van der Waals surface area contributed by atoms with E-state index in [1.165, 1.54) is 0 Å². The largest absolute Gasteiger partial charge is 0.461 e. The van der Waals surface area contributed by atoms with E-state index in [9.17, 15) is 9.59 Å². The molecule has 1 saturated carbocycles. The number of nitrogens with one attached hydrogen (secondary N) is 1. The Morgan fingerprint density at radius 3 is 2.76 bits per heavy atom. The highest BCUT2D eigenvalue weighted by atomic mass is 35.5. The summed E-state index contributed by atoms with van der Waals surface area (Å²) in [5.41, 5.74) is 6.85. The minimum atomic E-state index is -0.390. The first-order chi connectivity index (χ1) is 9.51. The van der Waals surface area contributed by atoms with Gasteiger partial charge in [0.15, 0.2) is 0 Å². The number of nitrogens with two attached hydrogens (primary N) is 1. The van der Waals surface area contributed by atoms with Crippen LogP contribution >= 0.6 is 12.4 Å². The molecule has 0 saturated heterocycles. The predicted molar refractivity (Wildman–Crippen MR) is 82.6 cm³/mol. The molecule has 21 heavy (non-hydrogen) atoms. The number of halogens is 1. The average molecular weight is 316 g/mol. The van der Waals surface area contributed by atoms with Crippen LogP contribution in [0.4, 0.5) is 5.69 Å². The summed E-state index contributed by atoms with van der Waals surface area (Å²) >= 11 is 0. The Balaban J connectivity index is 0.00000220. The maximum atomic E-state index is 12.1. The molecule has 2 atom stereocenters. The number of aryl methyl sites for hydroxylation is 1. The number of anilines is 1. The molecule has 6 nitrogen and oxygen atoms in total. The topological polar surface area (TPSA) is 86.3 Å². The molecule has 1 heterocycles. The quantitative estimate of drug-likeness (QED) is 0.828. The van der Waals surface area contributed by atoms with Gasteiger partial charge in [-0.05, 0) is 32.3 Å². The molecule has 1 aliphatic carbocycles. The van der Waals surface area contributed by atoms with Gasteiger partial charge in [0.25, 0.3) is 0 Å². The van der Waals surface area contributed by atoms with Crippen molar-refractivity contribution in [3.63, 3.8) is 0 Å². The van der Waals surface area contributed by atoms with Gasteiger partial charge in [0.05, 0.1) is 12.3 Å². The van der Waals surface area contributed by atoms with Gasteiger partial charge in [0.1, 0.15) is 5.69 Å². The smallest absolute Gasteiger partial charge is 0.355 e. The third kappa shape index (κ3) is 4.22. The predicted octanol–water partition coefficient (Wildman–Crippen LogP) is 1.69. The molecule has 2 unspecified atom stereocenters. The van der Waals surface area contributed by atoms with E-state index in [0.717, 1.165) is 19.3 Å². The fraction of sp³-hybridized carbons (Fsp3) is 0.571. The third-order valence-electron chi connectivity index (χ3n) is 3.60. The van der Waals surface area contributed by atoms with Gasteiger partial charge in [0.2, 0.25) is 5.91 Å². The molecular formula is C14H22ClN3O3. The standard InChI is InChI=1S/C14H21N3O3.ClH/c1-3-20-14(19)12-7-11(8-17(12)2)16-13(18)9-4-5-10(15)6-9;/h7-10H,3-6,15H2,1-2H3,(H,16,18);1H. The van der Waals surface area contributed by atoms with Crippen LogP contribution in [-0.2, 0) is 16.6 Å². The maximum Gasteiger partial charge on any atom is 0.355 e. The highest BCUT2D eigenvalue weighted by molar-refractivity contribution is 5.95. The molecule has 7 heteroatoms. The second-order valence-electron chi connectivity index (χ2n) is 5.20. The molecule has 0 aliphatic heterocycles. The lowest BCUT2D eigenvalue weighted by Gasteiger charge is -2.09. The van der Waals surface area contributed by atoms with E-state index in [1.807, 2.05) is 0 Å². The zero-order valence-electron chi connectivity index (χ0n) is 12.3. The Morgan fingerprint density at radius 2 is 2.19 bits per heavy atom.